The predicted octanol–water partition coefficient (Wildman–Crippen LogP) is 4.12. The zero-order valence-electron chi connectivity index (χ0n) is 11.4. The highest BCUT2D eigenvalue weighted by atomic mass is 79.9. The minimum Gasteiger partial charge on any atom is -0.409 e. The number of nitrogens with one attached hydrogen (secondary N) is 1. The van der Waals surface area contributed by atoms with Crippen molar-refractivity contribution in [1.82, 2.24) is 0 Å². The summed E-state index contributed by atoms with van der Waals surface area (Å²) in [5, 5.41) is 15.5. The van der Waals surface area contributed by atoms with Gasteiger partial charge in [-0.25, -0.2) is 0 Å². The predicted molar refractivity (Wildman–Crippen MR) is 90.2 cm³/mol. The van der Waals surface area contributed by atoms with E-state index in [0.717, 1.165) is 15.7 Å². The van der Waals surface area contributed by atoms with Crippen molar-refractivity contribution in [3.63, 3.8) is 0 Å². The SMILES string of the molecule is Cc1ccc(NCc2ccc(/C(N)=N/O)cc2Cl)cc1Br. The minimum atomic E-state index is 0.0406. The zero-order chi connectivity index (χ0) is 15.4. The maximum atomic E-state index is 8.65. The Bertz CT molecular complexity index is 689. The van der Waals surface area contributed by atoms with Crippen molar-refractivity contribution < 1.29 is 5.21 Å². The van der Waals surface area contributed by atoms with Crippen LogP contribution in [0.3, 0.4) is 0 Å². The Morgan fingerprint density at radius 3 is 2.71 bits per heavy atom. The number of hydrogen-bond acceptors (Lipinski definition) is 3. The molecule has 0 saturated carbocycles. The molecule has 2 aromatic rings. The van der Waals surface area contributed by atoms with Crippen molar-refractivity contribution in [2.75, 3.05) is 5.32 Å². The number of amidine groups is 1. The molecular weight excluding hydrogens is 354 g/mol. The van der Waals surface area contributed by atoms with Gasteiger partial charge in [0.2, 0.25) is 0 Å². The molecule has 0 atom stereocenters. The van der Waals surface area contributed by atoms with Crippen LogP contribution in [-0.2, 0) is 6.54 Å². The van der Waals surface area contributed by atoms with Crippen LogP contribution in [0.1, 0.15) is 16.7 Å². The second-order valence-electron chi connectivity index (χ2n) is 4.61. The van der Waals surface area contributed by atoms with E-state index in [-0.39, 0.29) is 5.84 Å². The van der Waals surface area contributed by atoms with Gasteiger partial charge in [-0.2, -0.15) is 0 Å². The van der Waals surface area contributed by atoms with Gasteiger partial charge in [0.15, 0.2) is 5.84 Å². The molecule has 0 radical (unpaired) electrons. The Morgan fingerprint density at radius 1 is 1.33 bits per heavy atom. The number of nitrogens with two attached hydrogens (primary N) is 1. The van der Waals surface area contributed by atoms with Crippen molar-refractivity contribution in [2.45, 2.75) is 13.5 Å². The molecule has 2 aromatic carbocycles. The van der Waals surface area contributed by atoms with Gasteiger partial charge in [-0.05, 0) is 36.2 Å². The molecule has 0 aromatic heterocycles. The number of halogens is 2. The molecule has 4 N–H and O–H groups in total. The molecule has 21 heavy (non-hydrogen) atoms. The summed E-state index contributed by atoms with van der Waals surface area (Å²) in [5.41, 5.74) is 9.24. The lowest BCUT2D eigenvalue weighted by Crippen LogP contribution is -2.13. The third kappa shape index (κ3) is 3.89. The number of hydrogen-bond donors (Lipinski definition) is 3. The Morgan fingerprint density at radius 2 is 2.10 bits per heavy atom. The minimum absolute atomic E-state index is 0.0406. The molecule has 110 valence electrons. The van der Waals surface area contributed by atoms with Gasteiger partial charge < -0.3 is 16.3 Å². The molecule has 0 amide bonds. The summed E-state index contributed by atoms with van der Waals surface area (Å²) >= 11 is 9.72. The Balaban J connectivity index is 2.11. The van der Waals surface area contributed by atoms with Crippen molar-refractivity contribution >= 4 is 39.1 Å². The summed E-state index contributed by atoms with van der Waals surface area (Å²) in [7, 11) is 0. The van der Waals surface area contributed by atoms with Crippen LogP contribution in [0.5, 0.6) is 0 Å². The lowest BCUT2D eigenvalue weighted by atomic mass is 10.1. The van der Waals surface area contributed by atoms with E-state index in [9.17, 15) is 0 Å². The average Bonchev–Trinajstić information content (AvgIpc) is 2.48. The number of nitrogens with zero attached hydrogens (tertiary/aromatic N) is 1. The van der Waals surface area contributed by atoms with Crippen molar-refractivity contribution in [3.05, 3.63) is 62.6 Å². The number of benzene rings is 2. The summed E-state index contributed by atoms with van der Waals surface area (Å²) in [5.74, 6) is 0.0406. The van der Waals surface area contributed by atoms with E-state index in [4.69, 9.17) is 22.5 Å². The van der Waals surface area contributed by atoms with Crippen LogP contribution in [0.4, 0.5) is 5.69 Å². The molecule has 0 saturated heterocycles. The molecule has 0 aliphatic heterocycles. The van der Waals surface area contributed by atoms with Crippen LogP contribution in [0.2, 0.25) is 5.02 Å². The van der Waals surface area contributed by atoms with Crippen LogP contribution >= 0.6 is 27.5 Å². The van der Waals surface area contributed by atoms with Gasteiger partial charge in [0.1, 0.15) is 0 Å². The smallest absolute Gasteiger partial charge is 0.170 e. The highest BCUT2D eigenvalue weighted by Gasteiger charge is 2.05. The largest absolute Gasteiger partial charge is 0.409 e. The summed E-state index contributed by atoms with van der Waals surface area (Å²) in [4.78, 5) is 0. The van der Waals surface area contributed by atoms with Crippen LogP contribution in [0.25, 0.3) is 0 Å². The first-order chi connectivity index (χ1) is 10.0. The monoisotopic (exact) mass is 367 g/mol. The molecule has 0 bridgehead atoms. The quantitative estimate of drug-likeness (QED) is 0.329. The molecule has 0 aliphatic carbocycles. The van der Waals surface area contributed by atoms with E-state index in [1.165, 1.54) is 5.56 Å². The third-order valence-electron chi connectivity index (χ3n) is 3.11. The van der Waals surface area contributed by atoms with Crippen molar-refractivity contribution in [1.29, 1.82) is 0 Å². The normalized spacial score (nSPS) is 11.5. The third-order valence-corrected chi connectivity index (χ3v) is 4.32. The maximum absolute atomic E-state index is 8.65. The van der Waals surface area contributed by atoms with Gasteiger partial charge >= 0.3 is 0 Å². The number of oxime groups is 1. The van der Waals surface area contributed by atoms with Gasteiger partial charge in [-0.1, -0.05) is 50.9 Å². The standard InChI is InChI=1S/C15H15BrClN3O/c1-9-2-5-12(7-13(9)16)19-8-11-4-3-10(6-14(11)17)15(18)20-21/h2-7,19,21H,8H2,1H3,(H2,18,20). The molecule has 6 heteroatoms. The van der Waals surface area contributed by atoms with E-state index in [2.05, 4.69) is 26.4 Å². The lowest BCUT2D eigenvalue weighted by molar-refractivity contribution is 0.318. The van der Waals surface area contributed by atoms with Crippen molar-refractivity contribution in [3.8, 4) is 0 Å². The zero-order valence-corrected chi connectivity index (χ0v) is 13.7. The Kier molecular flexibility index (Phi) is 5.09. The van der Waals surface area contributed by atoms with Crippen LogP contribution in [0, 0.1) is 6.92 Å². The molecular formula is C15H15BrClN3O. The molecule has 0 aliphatic rings. The second-order valence-corrected chi connectivity index (χ2v) is 5.87. The Hall–Kier alpha value is -1.72. The van der Waals surface area contributed by atoms with Gasteiger partial charge in [-0.15, -0.1) is 0 Å². The fraction of sp³-hybridized carbons (Fsp3) is 0.133. The fourth-order valence-electron chi connectivity index (χ4n) is 1.81. The lowest BCUT2D eigenvalue weighted by Gasteiger charge is -2.10. The number of anilines is 1. The van der Waals surface area contributed by atoms with Gasteiger partial charge in [0.05, 0.1) is 0 Å². The maximum Gasteiger partial charge on any atom is 0.170 e. The van der Waals surface area contributed by atoms with Crippen LogP contribution in [-0.4, -0.2) is 11.0 Å². The summed E-state index contributed by atoms with van der Waals surface area (Å²) in [6.45, 7) is 2.63. The highest BCUT2D eigenvalue weighted by Crippen LogP contribution is 2.23. The van der Waals surface area contributed by atoms with E-state index in [1.807, 2.05) is 31.2 Å². The van der Waals surface area contributed by atoms with E-state index >= 15 is 0 Å². The summed E-state index contributed by atoms with van der Waals surface area (Å²) in [6.07, 6.45) is 0. The van der Waals surface area contributed by atoms with Gasteiger partial charge in [-0.3, -0.25) is 0 Å². The molecule has 0 fully saturated rings. The first-order valence-electron chi connectivity index (χ1n) is 6.27. The van der Waals surface area contributed by atoms with Crippen LogP contribution < -0.4 is 11.1 Å². The Labute approximate surface area is 136 Å². The molecule has 0 spiro atoms. The van der Waals surface area contributed by atoms with Crippen molar-refractivity contribution in [2.24, 2.45) is 10.9 Å². The molecule has 4 nitrogen and oxygen atoms in total. The highest BCUT2D eigenvalue weighted by molar-refractivity contribution is 9.10. The fourth-order valence-corrected chi connectivity index (χ4v) is 2.43. The first-order valence-corrected chi connectivity index (χ1v) is 7.44. The molecule has 0 heterocycles. The summed E-state index contributed by atoms with van der Waals surface area (Å²) < 4.78 is 1.06. The molecule has 2 rings (SSSR count). The topological polar surface area (TPSA) is 70.6 Å². The summed E-state index contributed by atoms with van der Waals surface area (Å²) in [6, 6.07) is 11.4. The number of aryl methyl sites for hydroxylation is 1. The number of rotatable bonds is 4. The first kappa shape index (κ1) is 15.7. The van der Waals surface area contributed by atoms with E-state index < -0.39 is 0 Å². The van der Waals surface area contributed by atoms with Crippen LogP contribution in [0.15, 0.2) is 46.0 Å². The second kappa shape index (κ2) is 6.83. The van der Waals surface area contributed by atoms with E-state index in [1.54, 1.807) is 12.1 Å². The average molecular weight is 369 g/mol. The van der Waals surface area contributed by atoms with E-state index in [0.29, 0.717) is 17.1 Å². The van der Waals surface area contributed by atoms with Gasteiger partial charge in [0.25, 0.3) is 0 Å². The van der Waals surface area contributed by atoms with Gasteiger partial charge in [0, 0.05) is 27.3 Å². The molecule has 0 unspecified atom stereocenters.